The summed E-state index contributed by atoms with van der Waals surface area (Å²) in [5.74, 6) is 0. The molecule has 0 radical (unpaired) electrons. The van der Waals surface area contributed by atoms with Crippen LogP contribution in [0.4, 0.5) is 0 Å². The van der Waals surface area contributed by atoms with E-state index in [1.165, 1.54) is 0 Å². The fourth-order valence-corrected chi connectivity index (χ4v) is 13.9. The van der Waals surface area contributed by atoms with Crippen molar-refractivity contribution in [2.75, 3.05) is 0 Å². The zero-order valence-electron chi connectivity index (χ0n) is 66.8. The molecule has 19 aromatic rings. The third-order valence-corrected chi connectivity index (χ3v) is 18.3. The second kappa shape index (κ2) is 23.4. The molecular formula is C94H60O. The molecule has 1 aromatic heterocycles. The quantitative estimate of drug-likeness (QED) is 0.138. The molecule has 0 saturated heterocycles. The first-order valence-electron chi connectivity index (χ1n) is 39.5. The van der Waals surface area contributed by atoms with Crippen LogP contribution < -0.4 is 0 Å². The van der Waals surface area contributed by atoms with Crippen molar-refractivity contribution in [3.63, 3.8) is 0 Å². The van der Waals surface area contributed by atoms with Crippen LogP contribution in [-0.4, -0.2) is 0 Å². The summed E-state index contributed by atoms with van der Waals surface area (Å²) in [4.78, 5) is 0. The lowest BCUT2D eigenvalue weighted by Crippen LogP contribution is -1.92. The molecule has 0 aliphatic rings. The van der Waals surface area contributed by atoms with E-state index in [-0.39, 0.29) is 97.0 Å². The van der Waals surface area contributed by atoms with Gasteiger partial charge in [0, 0.05) is 10.8 Å². The van der Waals surface area contributed by atoms with Gasteiger partial charge >= 0.3 is 0 Å². The molecule has 95 heavy (non-hydrogen) atoms. The fourth-order valence-electron chi connectivity index (χ4n) is 13.9. The zero-order valence-corrected chi connectivity index (χ0v) is 50.8. The normalized spacial score (nSPS) is 13.9. The van der Waals surface area contributed by atoms with E-state index < -0.39 is 48.3 Å². The van der Waals surface area contributed by atoms with Gasteiger partial charge in [-0.15, -0.1) is 0 Å². The maximum Gasteiger partial charge on any atom is 0.136 e. The maximum absolute atomic E-state index is 9.44. The minimum absolute atomic E-state index is 0.165. The van der Waals surface area contributed by atoms with Gasteiger partial charge in [-0.3, -0.25) is 0 Å². The first kappa shape index (κ1) is 41.1. The molecule has 0 amide bonds. The average molecular weight is 1220 g/mol. The van der Waals surface area contributed by atoms with Crippen molar-refractivity contribution in [1.29, 1.82) is 0 Å². The largest absolute Gasteiger partial charge is 0.456 e. The second-order valence-corrected chi connectivity index (χ2v) is 23.8. The van der Waals surface area contributed by atoms with Gasteiger partial charge in [-0.25, -0.2) is 0 Å². The van der Waals surface area contributed by atoms with Gasteiger partial charge in [0.1, 0.15) is 11.2 Å². The van der Waals surface area contributed by atoms with Crippen LogP contribution in [0.25, 0.3) is 186 Å². The van der Waals surface area contributed by atoms with Crippen molar-refractivity contribution in [2.45, 2.75) is 0 Å². The third kappa shape index (κ3) is 9.89. The highest BCUT2D eigenvalue weighted by Gasteiger charge is 2.21. The Morgan fingerprint density at radius 1 is 0.179 bits per heavy atom. The molecule has 0 unspecified atom stereocenters. The third-order valence-electron chi connectivity index (χ3n) is 18.3. The monoisotopic (exact) mass is 1220 g/mol. The highest BCUT2D eigenvalue weighted by molar-refractivity contribution is 6.24. The summed E-state index contributed by atoms with van der Waals surface area (Å²) in [6.07, 6.45) is 0. The number of hydrogen-bond acceptors (Lipinski definition) is 1. The zero-order chi connectivity index (χ0) is 76.7. The van der Waals surface area contributed by atoms with Gasteiger partial charge in [0.15, 0.2) is 0 Å². The Morgan fingerprint density at radius 2 is 0.547 bits per heavy atom. The Bertz CT molecular complexity index is 6960. The molecule has 0 N–H and O–H groups in total. The van der Waals surface area contributed by atoms with E-state index >= 15 is 0 Å². The Morgan fingerprint density at radius 3 is 1.08 bits per heavy atom. The van der Waals surface area contributed by atoms with Crippen molar-refractivity contribution < 1.29 is 26.3 Å². The summed E-state index contributed by atoms with van der Waals surface area (Å²) in [6.45, 7) is 0. The smallest absolute Gasteiger partial charge is 0.136 e. The summed E-state index contributed by atoms with van der Waals surface area (Å²) in [7, 11) is 0. The van der Waals surface area contributed by atoms with E-state index in [9.17, 15) is 11.0 Å². The predicted octanol–water partition coefficient (Wildman–Crippen LogP) is 26.7. The van der Waals surface area contributed by atoms with Gasteiger partial charge in [-0.05, 0) is 213 Å². The molecular weight excluding hydrogens is 1150 g/mol. The van der Waals surface area contributed by atoms with Crippen LogP contribution in [0.15, 0.2) is 368 Å². The van der Waals surface area contributed by atoms with Crippen LogP contribution in [0.2, 0.25) is 0 Å². The number of furan rings is 1. The molecule has 1 heterocycles. The van der Waals surface area contributed by atoms with Crippen LogP contribution >= 0.6 is 0 Å². The number of rotatable bonds is 8. The highest BCUT2D eigenvalue weighted by atomic mass is 16.3. The van der Waals surface area contributed by atoms with Gasteiger partial charge in [0.25, 0.3) is 0 Å². The average Bonchev–Trinajstić information content (AvgIpc) is 0.744. The Labute approximate surface area is 573 Å². The molecule has 0 atom stereocenters. The lowest BCUT2D eigenvalue weighted by Gasteiger charge is -2.19. The first-order valence-corrected chi connectivity index (χ1v) is 31.5. The lowest BCUT2D eigenvalue weighted by atomic mass is 9.84. The van der Waals surface area contributed by atoms with Crippen molar-refractivity contribution in [2.24, 2.45) is 0 Å². The van der Waals surface area contributed by atoms with Gasteiger partial charge in [0.2, 0.25) is 0 Å². The lowest BCUT2D eigenvalue weighted by molar-refractivity contribution is 0.669. The van der Waals surface area contributed by atoms with Crippen LogP contribution in [0, 0.1) is 0 Å². The van der Waals surface area contributed by atoms with E-state index in [2.05, 4.69) is 60.7 Å². The van der Waals surface area contributed by atoms with E-state index in [1.807, 2.05) is 200 Å². The number of fused-ring (bicyclic) bond motifs is 10. The minimum atomic E-state index is -0.437. The number of hydrogen-bond donors (Lipinski definition) is 0. The molecule has 1 nitrogen and oxygen atoms in total. The molecule has 0 aliphatic carbocycles. The van der Waals surface area contributed by atoms with Gasteiger partial charge < -0.3 is 4.42 Å². The molecule has 0 aliphatic heterocycles. The predicted molar refractivity (Wildman–Crippen MR) is 406 cm³/mol. The van der Waals surface area contributed by atoms with Crippen LogP contribution in [0.1, 0.15) is 21.9 Å². The molecule has 1 heteroatoms. The van der Waals surface area contributed by atoms with Gasteiger partial charge in [0.05, 0.1) is 21.9 Å². The molecule has 0 bridgehead atoms. The van der Waals surface area contributed by atoms with Crippen molar-refractivity contribution >= 4 is 97.3 Å². The van der Waals surface area contributed by atoms with E-state index in [4.69, 9.17) is 15.4 Å². The molecule has 0 saturated carbocycles. The van der Waals surface area contributed by atoms with E-state index in [0.717, 1.165) is 87.6 Å². The standard InChI is InChI=1S/C48H32.C46H28O/c1-3-13-33(14-4-1)40-30-41(34-15-5-2-6-16-34)32-42(31-40)48-45-21-11-9-19-43(45)47(44-20-10-12-22-46(44)48)37-26-23-36(24-27-37)39-28-25-35-17-7-8-18-38(35)29-39;1-2-12-33-27-44-42(26-32(33)11-1)37-25-24-34(28-43(37)47-44)46-40-17-7-5-15-38(40)45(39-16-6-8-18-41(39)46)31-22-20-30(21-23-31)36-19-9-13-29-10-3-4-14-35(29)36/h1-32H;1-28H/i9D,10D,11D,12D,19D,20D,21D,22D;5D,6D,7D,8D,15D,16D,17D,18D. The SMILES string of the molecule is [2H]c1c([2H])c([2H])c2c(-c3cc(-c4ccccc4)cc(-c4ccccc4)c3)c3c([2H])c([2H])c([2H])c([2H])c3c(-c3ccc(-c4ccc5ccccc5c4)cc3)c2c1[2H].[2H]c1c([2H])c([2H])c2c(-c3ccc4c(c3)oc3cc5ccccc5cc34)c3c([2H])c([2H])c([2H])c([2H])c3c(-c3ccc(-c4cccc5ccccc45)cc3)c2c1[2H]. The second-order valence-electron chi connectivity index (χ2n) is 23.8. The molecule has 0 fully saturated rings. The topological polar surface area (TPSA) is 13.1 Å². The van der Waals surface area contributed by atoms with Crippen molar-refractivity contribution in [1.82, 2.24) is 0 Å². The van der Waals surface area contributed by atoms with Crippen LogP contribution in [0.3, 0.4) is 0 Å². The number of benzene rings is 18. The Hall–Kier alpha value is -12.4. The van der Waals surface area contributed by atoms with Gasteiger partial charge in [-0.2, -0.15) is 0 Å². The summed E-state index contributed by atoms with van der Waals surface area (Å²) >= 11 is 0. The van der Waals surface area contributed by atoms with Crippen LogP contribution in [-0.2, 0) is 0 Å². The molecule has 19 rings (SSSR count). The van der Waals surface area contributed by atoms with Crippen molar-refractivity contribution in [3.8, 4) is 89.0 Å². The molecule has 442 valence electrons. The summed E-state index contributed by atoms with van der Waals surface area (Å²) in [5, 5.41) is 9.68. The van der Waals surface area contributed by atoms with Crippen LogP contribution in [0.5, 0.6) is 0 Å². The summed E-state index contributed by atoms with van der Waals surface area (Å²) < 4.78 is 152. The summed E-state index contributed by atoms with van der Waals surface area (Å²) in [5.41, 5.74) is 12.1. The van der Waals surface area contributed by atoms with Gasteiger partial charge in [-0.1, -0.05) is 315 Å². The Kier molecular flexibility index (Phi) is 10.1. The minimum Gasteiger partial charge on any atom is -0.456 e. The molecule has 18 aromatic carbocycles. The van der Waals surface area contributed by atoms with E-state index in [0.29, 0.717) is 50.1 Å². The molecule has 0 spiro atoms. The van der Waals surface area contributed by atoms with Crippen molar-refractivity contribution in [3.05, 3.63) is 364 Å². The fraction of sp³-hybridized carbons (Fsp3) is 0. The Balaban J connectivity index is 0.000000155. The van der Waals surface area contributed by atoms with E-state index in [1.54, 1.807) is 6.07 Å². The summed E-state index contributed by atoms with van der Waals surface area (Å²) in [6, 6.07) is 81.2. The highest BCUT2D eigenvalue weighted by Crippen LogP contribution is 2.48. The maximum atomic E-state index is 9.44. The first-order chi connectivity index (χ1) is 53.7.